The van der Waals surface area contributed by atoms with Crippen LogP contribution in [0.25, 0.3) is 22.0 Å². The van der Waals surface area contributed by atoms with Gasteiger partial charge in [-0.25, -0.2) is 14.5 Å². The molecule has 0 aliphatic carbocycles. The van der Waals surface area contributed by atoms with Crippen molar-refractivity contribution in [1.29, 1.82) is 0 Å². The number of fused-ring (bicyclic) bond motifs is 1. The predicted octanol–water partition coefficient (Wildman–Crippen LogP) is 1.73. The van der Waals surface area contributed by atoms with Gasteiger partial charge in [0.1, 0.15) is 6.33 Å². The molecule has 0 unspecified atom stereocenters. The van der Waals surface area contributed by atoms with Crippen molar-refractivity contribution in [2.75, 3.05) is 0 Å². The SMILES string of the molecule is Cc1csc(-n2cnc3nn(-c4ccccc4)nc3c2=O)n1. The summed E-state index contributed by atoms with van der Waals surface area (Å²) in [5, 5.41) is 11.0. The number of benzene rings is 1. The number of aromatic nitrogens is 6. The second kappa shape index (κ2) is 4.85. The van der Waals surface area contributed by atoms with E-state index in [1.54, 1.807) is 0 Å². The van der Waals surface area contributed by atoms with Gasteiger partial charge < -0.3 is 0 Å². The molecule has 0 aliphatic rings. The molecule has 3 heterocycles. The minimum Gasteiger partial charge on any atom is -0.266 e. The van der Waals surface area contributed by atoms with E-state index in [0.29, 0.717) is 10.8 Å². The quantitative estimate of drug-likeness (QED) is 0.563. The summed E-state index contributed by atoms with van der Waals surface area (Å²) < 4.78 is 1.39. The number of hydrogen-bond donors (Lipinski definition) is 0. The average Bonchev–Trinajstić information content (AvgIpc) is 3.15. The molecule has 8 heteroatoms. The smallest absolute Gasteiger partial charge is 0.266 e. The number of para-hydroxylation sites is 1. The van der Waals surface area contributed by atoms with Crippen molar-refractivity contribution in [3.8, 4) is 10.8 Å². The van der Waals surface area contributed by atoms with Crippen molar-refractivity contribution < 1.29 is 0 Å². The molecule has 7 nitrogen and oxygen atoms in total. The van der Waals surface area contributed by atoms with Crippen LogP contribution in [0.2, 0.25) is 0 Å². The van der Waals surface area contributed by atoms with Gasteiger partial charge in [0.15, 0.2) is 10.6 Å². The lowest BCUT2D eigenvalue weighted by atomic mass is 10.3. The van der Waals surface area contributed by atoms with Gasteiger partial charge in [0.2, 0.25) is 5.65 Å². The first-order chi connectivity index (χ1) is 10.7. The molecule has 4 rings (SSSR count). The highest BCUT2D eigenvalue weighted by Crippen LogP contribution is 2.13. The standard InChI is InChI=1S/C14H10N6OS/c1-9-7-22-14(16-9)19-8-15-12-11(13(19)21)17-20(18-12)10-5-3-2-4-6-10/h2-8H,1H3. The van der Waals surface area contributed by atoms with Gasteiger partial charge in [-0.15, -0.1) is 26.3 Å². The van der Waals surface area contributed by atoms with E-state index in [-0.39, 0.29) is 11.1 Å². The molecule has 1 aromatic carbocycles. The summed E-state index contributed by atoms with van der Waals surface area (Å²) in [5.41, 5.74) is 1.90. The summed E-state index contributed by atoms with van der Waals surface area (Å²) in [4.78, 5) is 22.5. The Labute approximate surface area is 128 Å². The zero-order valence-corrected chi connectivity index (χ0v) is 12.4. The highest BCUT2D eigenvalue weighted by molar-refractivity contribution is 7.12. The molecule has 3 aromatic heterocycles. The van der Waals surface area contributed by atoms with Crippen molar-refractivity contribution in [2.45, 2.75) is 6.92 Å². The minimum atomic E-state index is -0.276. The van der Waals surface area contributed by atoms with E-state index >= 15 is 0 Å². The van der Waals surface area contributed by atoms with Crippen LogP contribution in [0.15, 0.2) is 46.8 Å². The van der Waals surface area contributed by atoms with Crippen LogP contribution in [0.3, 0.4) is 0 Å². The minimum absolute atomic E-state index is 0.221. The van der Waals surface area contributed by atoms with Crippen LogP contribution in [-0.2, 0) is 0 Å². The van der Waals surface area contributed by atoms with E-state index < -0.39 is 0 Å². The maximum absolute atomic E-state index is 12.6. The largest absolute Gasteiger partial charge is 0.289 e. The lowest BCUT2D eigenvalue weighted by molar-refractivity contribution is 0.763. The van der Waals surface area contributed by atoms with Crippen LogP contribution in [0, 0.1) is 6.92 Å². The zero-order chi connectivity index (χ0) is 15.1. The van der Waals surface area contributed by atoms with Gasteiger partial charge in [-0.2, -0.15) is 0 Å². The third kappa shape index (κ3) is 2.01. The highest BCUT2D eigenvalue weighted by atomic mass is 32.1. The molecule has 0 N–H and O–H groups in total. The van der Waals surface area contributed by atoms with Crippen molar-refractivity contribution >= 4 is 22.5 Å². The maximum atomic E-state index is 12.6. The second-order valence-corrected chi connectivity index (χ2v) is 5.52. The Balaban J connectivity index is 1.91. The molecule has 4 aromatic rings. The highest BCUT2D eigenvalue weighted by Gasteiger charge is 2.13. The first-order valence-electron chi connectivity index (χ1n) is 6.55. The molecule has 0 atom stereocenters. The number of nitrogens with zero attached hydrogens (tertiary/aromatic N) is 6. The van der Waals surface area contributed by atoms with Crippen LogP contribution >= 0.6 is 11.3 Å². The fraction of sp³-hybridized carbons (Fsp3) is 0.0714. The molecule has 0 aliphatic heterocycles. The summed E-state index contributed by atoms with van der Waals surface area (Å²) in [6.07, 6.45) is 1.44. The van der Waals surface area contributed by atoms with Gasteiger partial charge in [0.25, 0.3) is 5.56 Å². The van der Waals surface area contributed by atoms with Crippen LogP contribution in [0.5, 0.6) is 0 Å². The maximum Gasteiger partial charge on any atom is 0.289 e. The number of hydrogen-bond acceptors (Lipinski definition) is 6. The Morgan fingerprint density at radius 2 is 1.95 bits per heavy atom. The molecule has 0 spiro atoms. The third-order valence-corrected chi connectivity index (χ3v) is 4.07. The Morgan fingerprint density at radius 3 is 2.68 bits per heavy atom. The van der Waals surface area contributed by atoms with E-state index in [2.05, 4.69) is 20.2 Å². The van der Waals surface area contributed by atoms with Crippen LogP contribution in [0.1, 0.15) is 5.69 Å². The lowest BCUT2D eigenvalue weighted by Crippen LogP contribution is -2.18. The monoisotopic (exact) mass is 310 g/mol. The summed E-state index contributed by atoms with van der Waals surface area (Å²) in [7, 11) is 0. The van der Waals surface area contributed by atoms with Crippen molar-refractivity contribution in [2.24, 2.45) is 0 Å². The molecular formula is C14H10N6OS. The van der Waals surface area contributed by atoms with E-state index in [1.165, 1.54) is 27.0 Å². The Kier molecular flexibility index (Phi) is 2.83. The van der Waals surface area contributed by atoms with Crippen molar-refractivity contribution in [3.63, 3.8) is 0 Å². The predicted molar refractivity (Wildman–Crippen MR) is 82.7 cm³/mol. The lowest BCUT2D eigenvalue weighted by Gasteiger charge is -1.97. The molecule has 108 valence electrons. The van der Waals surface area contributed by atoms with Crippen LogP contribution < -0.4 is 5.56 Å². The number of rotatable bonds is 2. The normalized spacial score (nSPS) is 11.1. The first-order valence-corrected chi connectivity index (χ1v) is 7.43. The topological polar surface area (TPSA) is 78.5 Å². The van der Waals surface area contributed by atoms with Crippen molar-refractivity contribution in [1.82, 2.24) is 29.5 Å². The van der Waals surface area contributed by atoms with Gasteiger partial charge in [-0.05, 0) is 19.1 Å². The van der Waals surface area contributed by atoms with E-state index in [0.717, 1.165) is 11.4 Å². The fourth-order valence-electron chi connectivity index (χ4n) is 2.07. The molecule has 22 heavy (non-hydrogen) atoms. The van der Waals surface area contributed by atoms with E-state index in [9.17, 15) is 4.79 Å². The summed E-state index contributed by atoms with van der Waals surface area (Å²) in [6, 6.07) is 9.40. The van der Waals surface area contributed by atoms with Crippen LogP contribution in [0.4, 0.5) is 0 Å². The number of aryl methyl sites for hydroxylation is 1. The molecule has 0 bridgehead atoms. The molecule has 0 fully saturated rings. The first kappa shape index (κ1) is 12.8. The molecule has 0 amide bonds. The molecular weight excluding hydrogens is 300 g/mol. The van der Waals surface area contributed by atoms with Gasteiger partial charge in [-0.1, -0.05) is 18.2 Å². The van der Waals surface area contributed by atoms with Gasteiger partial charge >= 0.3 is 0 Å². The summed E-state index contributed by atoms with van der Waals surface area (Å²) in [6.45, 7) is 1.88. The summed E-state index contributed by atoms with van der Waals surface area (Å²) in [5.74, 6) is 0. The Morgan fingerprint density at radius 1 is 1.14 bits per heavy atom. The van der Waals surface area contributed by atoms with E-state index in [1.807, 2.05) is 42.6 Å². The average molecular weight is 310 g/mol. The second-order valence-electron chi connectivity index (χ2n) is 4.69. The zero-order valence-electron chi connectivity index (χ0n) is 11.5. The summed E-state index contributed by atoms with van der Waals surface area (Å²) >= 11 is 1.39. The third-order valence-electron chi connectivity index (χ3n) is 3.11. The van der Waals surface area contributed by atoms with Gasteiger partial charge in [0, 0.05) is 5.38 Å². The number of thiazole rings is 1. The molecule has 0 radical (unpaired) electrons. The van der Waals surface area contributed by atoms with Crippen LogP contribution in [-0.4, -0.2) is 29.5 Å². The Bertz CT molecular complexity index is 1020. The molecule has 0 saturated carbocycles. The molecule has 0 saturated heterocycles. The van der Waals surface area contributed by atoms with E-state index in [4.69, 9.17) is 0 Å². The fourth-order valence-corrected chi connectivity index (χ4v) is 2.84. The van der Waals surface area contributed by atoms with Gasteiger partial charge in [-0.3, -0.25) is 4.79 Å². The Hall–Kier alpha value is -2.87. The van der Waals surface area contributed by atoms with Crippen molar-refractivity contribution in [3.05, 3.63) is 58.1 Å². The van der Waals surface area contributed by atoms with Gasteiger partial charge in [0.05, 0.1) is 11.4 Å².